The second-order valence-corrected chi connectivity index (χ2v) is 0.685. The molecule has 0 atom stereocenters. The monoisotopic (exact) mass is 401 g/mol. The fraction of sp³-hybridized carbons (Fsp3) is 0. The van der Waals surface area contributed by atoms with E-state index in [0.29, 0.717) is 0 Å². The summed E-state index contributed by atoms with van der Waals surface area (Å²) in [6.07, 6.45) is 0. The van der Waals surface area contributed by atoms with Crippen LogP contribution in [0.25, 0.3) is 0 Å². The average molecular weight is 401 g/mol. The summed E-state index contributed by atoms with van der Waals surface area (Å²) in [6, 6.07) is 0. The third-order valence-electron chi connectivity index (χ3n) is 0. The maximum absolute atomic E-state index is 8.36. The predicted octanol–water partition coefficient (Wildman–Crippen LogP) is -8.25. The summed E-state index contributed by atoms with van der Waals surface area (Å²) in [7, 11) is 0. The van der Waals surface area contributed by atoms with Gasteiger partial charge >= 0.3 is 0 Å². The van der Waals surface area contributed by atoms with Crippen molar-refractivity contribution in [3.8, 4) is 0 Å². The molecule has 0 unspecified atom stereocenters. The zero-order valence-electron chi connectivity index (χ0n) is 9.96. The standard InChI is InChI=1S/Cr.HNO3.2NO3.9H2O/c;3*2-1(3)4;;;;;;;;;/h;(H,2,3,4);;;9*1H2/q;;2*-1;;;;;;;;;. The fourth-order valence-corrected chi connectivity index (χ4v) is 0. The molecule has 0 bridgehead atoms. The van der Waals surface area contributed by atoms with E-state index in [2.05, 4.69) is 0 Å². The minimum atomic E-state index is -1.75. The number of rotatable bonds is 0. The predicted molar refractivity (Wildman–Crippen MR) is 62.0 cm³/mol. The Morgan fingerprint density at radius 2 is 0.500 bits per heavy atom. The molecule has 0 aliphatic rings. The molecule has 0 aromatic rings. The van der Waals surface area contributed by atoms with Crippen molar-refractivity contribution in [1.29, 1.82) is 0 Å². The van der Waals surface area contributed by atoms with Crippen molar-refractivity contribution in [2.75, 3.05) is 0 Å². The Labute approximate surface area is 129 Å². The summed E-state index contributed by atoms with van der Waals surface area (Å²) < 4.78 is 0. The van der Waals surface area contributed by atoms with E-state index in [9.17, 15) is 0 Å². The van der Waals surface area contributed by atoms with Gasteiger partial charge in [-0.1, -0.05) is 0 Å². The van der Waals surface area contributed by atoms with Gasteiger partial charge in [0.1, 0.15) is 0 Å². The minimum Gasteiger partial charge on any atom is -0.412 e. The Kier molecular flexibility index (Phi) is 893. The largest absolute Gasteiger partial charge is 0.412 e. The van der Waals surface area contributed by atoms with Crippen molar-refractivity contribution < 1.29 is 87.1 Å². The maximum Gasteiger partial charge on any atom is 0.291 e. The van der Waals surface area contributed by atoms with Gasteiger partial charge in [0.05, 0.1) is 10.2 Å². The van der Waals surface area contributed by atoms with Gasteiger partial charge in [-0.25, -0.2) is 0 Å². The molecule has 0 rings (SSSR count). The molecule has 21 nitrogen and oxygen atoms in total. The summed E-state index contributed by atoms with van der Waals surface area (Å²) in [5.41, 5.74) is 0. The van der Waals surface area contributed by atoms with Gasteiger partial charge in [-0.15, -0.1) is 10.1 Å². The summed E-state index contributed by atoms with van der Waals surface area (Å²) in [5.74, 6) is 0. The molecule has 0 aliphatic heterocycles. The first-order valence-corrected chi connectivity index (χ1v) is 1.66. The number of hydrogen-bond donors (Lipinski definition) is 1. The fourth-order valence-electron chi connectivity index (χ4n) is 0. The number of nitrogens with zero attached hydrogens (tertiary/aromatic N) is 3. The first-order chi connectivity index (χ1) is 5.20. The van der Waals surface area contributed by atoms with Gasteiger partial charge in [0, 0.05) is 17.4 Å². The molecule has 0 fully saturated rings. The minimum absolute atomic E-state index is 0. The van der Waals surface area contributed by atoms with Gasteiger partial charge in [-0.3, -0.25) is 0 Å². The van der Waals surface area contributed by atoms with Crippen molar-refractivity contribution in [2.24, 2.45) is 0 Å². The van der Waals surface area contributed by atoms with E-state index in [-0.39, 0.29) is 66.6 Å². The molecule has 0 aromatic heterocycles. The zero-order valence-corrected chi connectivity index (χ0v) is 11.2. The molecular formula is H19CrN3O18-2. The van der Waals surface area contributed by atoms with Gasteiger partial charge in [0.2, 0.25) is 0 Å². The van der Waals surface area contributed by atoms with E-state index in [4.69, 9.17) is 46.0 Å². The van der Waals surface area contributed by atoms with E-state index in [0.717, 1.165) is 0 Å². The smallest absolute Gasteiger partial charge is 0.291 e. The molecular weight excluding hydrogens is 382 g/mol. The van der Waals surface area contributed by atoms with E-state index < -0.39 is 15.3 Å². The first kappa shape index (κ1) is 152. The summed E-state index contributed by atoms with van der Waals surface area (Å²) in [5, 5.41) is 43.1. The maximum atomic E-state index is 8.36. The molecule has 0 radical (unpaired) electrons. The Morgan fingerprint density at radius 1 is 0.500 bits per heavy atom. The molecule has 19 N–H and O–H groups in total. The van der Waals surface area contributed by atoms with Crippen LogP contribution in [0.2, 0.25) is 0 Å². The Morgan fingerprint density at radius 3 is 0.500 bits per heavy atom. The molecule has 22 heavy (non-hydrogen) atoms. The first-order valence-electron chi connectivity index (χ1n) is 1.66. The van der Waals surface area contributed by atoms with Gasteiger partial charge in [0.25, 0.3) is 5.09 Å². The van der Waals surface area contributed by atoms with Crippen LogP contribution >= 0.6 is 0 Å². The van der Waals surface area contributed by atoms with E-state index in [1.165, 1.54) is 0 Å². The van der Waals surface area contributed by atoms with Crippen molar-refractivity contribution in [3.63, 3.8) is 0 Å². The average Bonchev–Trinajstić information content (AvgIpc) is 1.54. The van der Waals surface area contributed by atoms with Crippen LogP contribution < -0.4 is 0 Å². The summed E-state index contributed by atoms with van der Waals surface area (Å²) in [4.78, 5) is 24.9. The van der Waals surface area contributed by atoms with Crippen LogP contribution in [0.4, 0.5) is 0 Å². The van der Waals surface area contributed by atoms with E-state index >= 15 is 0 Å². The SMILES string of the molecule is O.O.O.O.O.O.O.O.O.O=[N+]([O-])O.O=[N+]([O-])[O-].O=[N+]([O-])[O-].[Cr]. The van der Waals surface area contributed by atoms with Crippen LogP contribution in [0.1, 0.15) is 0 Å². The van der Waals surface area contributed by atoms with Crippen LogP contribution in [0.5, 0.6) is 0 Å². The molecule has 150 valence electrons. The molecule has 0 aliphatic carbocycles. The molecule has 0 aromatic carbocycles. The van der Waals surface area contributed by atoms with E-state index in [1.54, 1.807) is 0 Å². The molecule has 0 saturated carbocycles. The molecule has 0 spiro atoms. The van der Waals surface area contributed by atoms with Gasteiger partial charge < -0.3 is 85.1 Å². The Balaban J connectivity index is -0.00000000409. The second kappa shape index (κ2) is 129. The van der Waals surface area contributed by atoms with Gasteiger partial charge in [-0.2, -0.15) is 0 Å². The van der Waals surface area contributed by atoms with Crippen LogP contribution in [-0.2, 0) is 17.4 Å². The zero-order chi connectivity index (χ0) is 10.7. The Bertz CT molecular complexity index is 116. The van der Waals surface area contributed by atoms with Crippen molar-refractivity contribution in [2.45, 2.75) is 0 Å². The summed E-state index contributed by atoms with van der Waals surface area (Å²) >= 11 is 0. The Hall–Kier alpha value is -2.23. The summed E-state index contributed by atoms with van der Waals surface area (Å²) in [6.45, 7) is 0. The van der Waals surface area contributed by atoms with Gasteiger partial charge in [-0.05, 0) is 0 Å². The molecule has 22 heteroatoms. The van der Waals surface area contributed by atoms with Crippen LogP contribution in [0, 0.1) is 40.8 Å². The normalized spacial score (nSPS) is 3.27. The van der Waals surface area contributed by atoms with Crippen molar-refractivity contribution in [1.82, 2.24) is 0 Å². The van der Waals surface area contributed by atoms with Crippen LogP contribution in [0.3, 0.4) is 0 Å². The van der Waals surface area contributed by atoms with Crippen LogP contribution in [-0.4, -0.2) is 69.8 Å². The third kappa shape index (κ3) is 1010. The van der Waals surface area contributed by atoms with Gasteiger partial charge in [0.15, 0.2) is 0 Å². The van der Waals surface area contributed by atoms with Crippen molar-refractivity contribution >= 4 is 0 Å². The third-order valence-corrected chi connectivity index (χ3v) is 0. The second-order valence-electron chi connectivity index (χ2n) is 0.685. The van der Waals surface area contributed by atoms with Crippen molar-refractivity contribution in [3.05, 3.63) is 40.8 Å². The topological polar surface area (TPSA) is 479 Å². The molecule has 0 amide bonds. The molecule has 0 heterocycles. The number of hydrogen-bond acceptors (Lipinski definition) is 8. The molecule has 0 saturated heterocycles. The quantitative estimate of drug-likeness (QED) is 0.296. The van der Waals surface area contributed by atoms with Crippen LogP contribution in [0.15, 0.2) is 0 Å². The van der Waals surface area contributed by atoms with E-state index in [1.807, 2.05) is 0 Å².